The van der Waals surface area contributed by atoms with E-state index in [9.17, 15) is 4.79 Å². The molecule has 0 heterocycles. The molecule has 0 aliphatic carbocycles. The lowest BCUT2D eigenvalue weighted by Gasteiger charge is -2.20. The third-order valence-corrected chi connectivity index (χ3v) is 2.89. The first-order valence-electron chi connectivity index (χ1n) is 5.88. The maximum absolute atomic E-state index is 11.8. The Hall–Kier alpha value is -0.810. The zero-order chi connectivity index (χ0) is 13.5. The van der Waals surface area contributed by atoms with Crippen LogP contribution in [0.15, 0.2) is 24.3 Å². The summed E-state index contributed by atoms with van der Waals surface area (Å²) in [6.45, 7) is 2.20. The van der Waals surface area contributed by atoms with Crippen molar-refractivity contribution in [2.45, 2.75) is 25.4 Å². The summed E-state index contributed by atoms with van der Waals surface area (Å²) in [7, 11) is 1.52. The highest BCUT2D eigenvalue weighted by Gasteiger charge is 2.18. The zero-order valence-corrected chi connectivity index (χ0v) is 12.6. The molecule has 3 N–H and O–H groups in total. The Balaban J connectivity index is 0.00000324. The molecule has 1 amide bonds. The minimum Gasteiger partial charge on any atom is -0.383 e. The summed E-state index contributed by atoms with van der Waals surface area (Å²) in [6.07, 6.45) is 0.770. The van der Waals surface area contributed by atoms with Gasteiger partial charge < -0.3 is 15.8 Å². The van der Waals surface area contributed by atoms with Crippen LogP contribution in [0.2, 0.25) is 5.02 Å². The number of hydrogen-bond acceptors (Lipinski definition) is 3. The van der Waals surface area contributed by atoms with Gasteiger partial charge in [-0.05, 0) is 24.1 Å². The number of carbonyl (C=O) groups is 1. The standard InChI is InChI=1S/C13H19ClN2O2.ClH/c1-3-12(9-5-4-6-10(14)7-9)16-13(17)11(15)8-18-2;/h4-7,11-12H,3,8,15H2,1-2H3,(H,16,17);1H. The highest BCUT2D eigenvalue weighted by Crippen LogP contribution is 2.20. The van der Waals surface area contributed by atoms with Crippen molar-refractivity contribution < 1.29 is 9.53 Å². The molecule has 0 radical (unpaired) electrons. The van der Waals surface area contributed by atoms with E-state index >= 15 is 0 Å². The van der Waals surface area contributed by atoms with E-state index in [1.54, 1.807) is 6.07 Å². The molecule has 2 unspecified atom stereocenters. The highest BCUT2D eigenvalue weighted by atomic mass is 35.5. The molecule has 2 atom stereocenters. The molecule has 0 aromatic heterocycles. The maximum Gasteiger partial charge on any atom is 0.239 e. The number of methoxy groups -OCH3 is 1. The van der Waals surface area contributed by atoms with Gasteiger partial charge in [0.2, 0.25) is 5.91 Å². The van der Waals surface area contributed by atoms with Crippen molar-refractivity contribution in [3.8, 4) is 0 Å². The molecule has 0 saturated heterocycles. The second-order valence-electron chi connectivity index (χ2n) is 4.09. The van der Waals surface area contributed by atoms with Crippen LogP contribution in [-0.4, -0.2) is 25.7 Å². The molecule has 1 aromatic carbocycles. The van der Waals surface area contributed by atoms with Crippen LogP contribution < -0.4 is 11.1 Å². The quantitative estimate of drug-likeness (QED) is 0.847. The first kappa shape index (κ1) is 18.2. The molecule has 0 aliphatic rings. The van der Waals surface area contributed by atoms with Gasteiger partial charge in [0.05, 0.1) is 12.6 Å². The Labute approximate surface area is 125 Å². The molecule has 0 spiro atoms. The fraction of sp³-hybridized carbons (Fsp3) is 0.462. The van der Waals surface area contributed by atoms with Crippen molar-refractivity contribution in [1.82, 2.24) is 5.32 Å². The van der Waals surface area contributed by atoms with Crippen LogP contribution in [0.4, 0.5) is 0 Å². The minimum absolute atomic E-state index is 0. The Morgan fingerprint density at radius 3 is 2.74 bits per heavy atom. The molecule has 108 valence electrons. The number of rotatable bonds is 6. The van der Waals surface area contributed by atoms with Crippen molar-refractivity contribution in [1.29, 1.82) is 0 Å². The van der Waals surface area contributed by atoms with Crippen molar-refractivity contribution in [2.75, 3.05) is 13.7 Å². The molecule has 4 nitrogen and oxygen atoms in total. The third-order valence-electron chi connectivity index (χ3n) is 2.66. The molecular formula is C13H20Cl2N2O2. The second-order valence-corrected chi connectivity index (χ2v) is 4.52. The van der Waals surface area contributed by atoms with Crippen LogP contribution in [0, 0.1) is 0 Å². The molecule has 0 bridgehead atoms. The monoisotopic (exact) mass is 306 g/mol. The van der Waals surface area contributed by atoms with E-state index in [-0.39, 0.29) is 31.0 Å². The van der Waals surface area contributed by atoms with Gasteiger partial charge in [-0.3, -0.25) is 4.79 Å². The van der Waals surface area contributed by atoms with E-state index in [0.29, 0.717) is 5.02 Å². The van der Waals surface area contributed by atoms with Crippen molar-refractivity contribution in [3.63, 3.8) is 0 Å². The molecular weight excluding hydrogens is 287 g/mol. The van der Waals surface area contributed by atoms with E-state index in [0.717, 1.165) is 12.0 Å². The van der Waals surface area contributed by atoms with Gasteiger partial charge >= 0.3 is 0 Å². The van der Waals surface area contributed by atoms with Crippen molar-refractivity contribution in [3.05, 3.63) is 34.9 Å². The van der Waals surface area contributed by atoms with Crippen LogP contribution in [0.25, 0.3) is 0 Å². The van der Waals surface area contributed by atoms with Gasteiger partial charge in [-0.15, -0.1) is 12.4 Å². The van der Waals surface area contributed by atoms with Gasteiger partial charge in [0.15, 0.2) is 0 Å². The molecule has 1 aromatic rings. The predicted molar refractivity (Wildman–Crippen MR) is 79.7 cm³/mol. The summed E-state index contributed by atoms with van der Waals surface area (Å²) in [4.78, 5) is 11.8. The van der Waals surface area contributed by atoms with Gasteiger partial charge in [-0.25, -0.2) is 0 Å². The van der Waals surface area contributed by atoms with E-state index in [2.05, 4.69) is 5.32 Å². The first-order valence-corrected chi connectivity index (χ1v) is 6.26. The van der Waals surface area contributed by atoms with E-state index < -0.39 is 6.04 Å². The summed E-state index contributed by atoms with van der Waals surface area (Å²) in [5.74, 6) is -0.219. The van der Waals surface area contributed by atoms with Gasteiger partial charge in [0.25, 0.3) is 0 Å². The number of hydrogen-bond donors (Lipinski definition) is 2. The number of amides is 1. The molecule has 19 heavy (non-hydrogen) atoms. The Morgan fingerprint density at radius 1 is 1.53 bits per heavy atom. The normalized spacial score (nSPS) is 13.3. The summed E-state index contributed by atoms with van der Waals surface area (Å²) in [5, 5.41) is 3.55. The SMILES string of the molecule is CCC(NC(=O)C(N)COC)c1cccc(Cl)c1.Cl. The zero-order valence-electron chi connectivity index (χ0n) is 11.1. The second kappa shape index (κ2) is 9.15. The van der Waals surface area contributed by atoms with Crippen LogP contribution in [-0.2, 0) is 9.53 Å². The van der Waals surface area contributed by atoms with Gasteiger partial charge in [0, 0.05) is 12.1 Å². The topological polar surface area (TPSA) is 64.4 Å². The lowest BCUT2D eigenvalue weighted by Crippen LogP contribution is -2.44. The fourth-order valence-corrected chi connectivity index (χ4v) is 1.88. The van der Waals surface area contributed by atoms with Crippen LogP contribution in [0.3, 0.4) is 0 Å². The number of nitrogens with two attached hydrogens (primary N) is 1. The Bertz CT molecular complexity index is 402. The smallest absolute Gasteiger partial charge is 0.239 e. The van der Waals surface area contributed by atoms with Crippen molar-refractivity contribution >= 4 is 29.9 Å². The molecule has 1 rings (SSSR count). The van der Waals surface area contributed by atoms with Crippen LogP contribution in [0.5, 0.6) is 0 Å². The summed E-state index contributed by atoms with van der Waals surface area (Å²) >= 11 is 5.94. The van der Waals surface area contributed by atoms with Gasteiger partial charge in [0.1, 0.15) is 6.04 Å². The van der Waals surface area contributed by atoms with E-state index in [4.69, 9.17) is 22.1 Å². The number of benzene rings is 1. The Kier molecular flexibility index (Phi) is 8.76. The lowest BCUT2D eigenvalue weighted by atomic mass is 10.0. The maximum atomic E-state index is 11.8. The number of carbonyl (C=O) groups excluding carboxylic acids is 1. The van der Waals surface area contributed by atoms with Gasteiger partial charge in [-0.1, -0.05) is 30.7 Å². The third kappa shape index (κ3) is 5.78. The molecule has 6 heteroatoms. The van der Waals surface area contributed by atoms with Crippen LogP contribution in [0.1, 0.15) is 24.9 Å². The lowest BCUT2D eigenvalue weighted by molar-refractivity contribution is -0.124. The minimum atomic E-state index is -0.650. The Morgan fingerprint density at radius 2 is 2.21 bits per heavy atom. The number of ether oxygens (including phenoxy) is 1. The number of halogens is 2. The van der Waals surface area contributed by atoms with Gasteiger partial charge in [-0.2, -0.15) is 0 Å². The van der Waals surface area contributed by atoms with Crippen LogP contribution >= 0.6 is 24.0 Å². The van der Waals surface area contributed by atoms with E-state index in [1.165, 1.54) is 7.11 Å². The fourth-order valence-electron chi connectivity index (χ4n) is 1.68. The molecule has 0 fully saturated rings. The van der Waals surface area contributed by atoms with Crippen molar-refractivity contribution in [2.24, 2.45) is 5.73 Å². The predicted octanol–water partition coefficient (Wildman–Crippen LogP) is 2.30. The number of nitrogens with one attached hydrogen (secondary N) is 1. The summed E-state index contributed by atoms with van der Waals surface area (Å²) in [6, 6.07) is 6.71. The summed E-state index contributed by atoms with van der Waals surface area (Å²) < 4.78 is 4.86. The highest BCUT2D eigenvalue weighted by molar-refractivity contribution is 6.30. The van der Waals surface area contributed by atoms with E-state index in [1.807, 2.05) is 25.1 Å². The molecule has 0 saturated carbocycles. The largest absolute Gasteiger partial charge is 0.383 e. The average Bonchev–Trinajstić information content (AvgIpc) is 2.35. The molecule has 0 aliphatic heterocycles. The summed E-state index contributed by atoms with van der Waals surface area (Å²) in [5.41, 5.74) is 6.65. The average molecular weight is 307 g/mol. The first-order chi connectivity index (χ1) is 8.58.